The fourth-order valence-electron chi connectivity index (χ4n) is 1.19. The monoisotopic (exact) mass is 259 g/mol. The number of hydrogen-bond donors (Lipinski definition) is 4. The Bertz CT molecular complexity index is 305. The molecule has 0 saturated heterocycles. The van der Waals surface area contributed by atoms with Gasteiger partial charge < -0.3 is 21.1 Å². The largest absolute Gasteiger partial charge is 0.480 e. The molecule has 0 aromatic rings. The van der Waals surface area contributed by atoms with E-state index in [4.69, 9.17) is 5.11 Å². The fourth-order valence-corrected chi connectivity index (χ4v) is 1.19. The first kappa shape index (κ1) is 16.2. The zero-order valence-corrected chi connectivity index (χ0v) is 10.9. The number of aliphatic carboxylic acids is 1. The Morgan fingerprint density at radius 3 is 2.22 bits per heavy atom. The Morgan fingerprint density at radius 2 is 1.78 bits per heavy atom. The molecule has 0 heterocycles. The van der Waals surface area contributed by atoms with Crippen LogP contribution < -0.4 is 16.0 Å². The molecule has 0 aliphatic rings. The van der Waals surface area contributed by atoms with Crippen molar-refractivity contribution in [1.29, 1.82) is 0 Å². The van der Waals surface area contributed by atoms with Crippen LogP contribution in [-0.4, -0.2) is 42.1 Å². The van der Waals surface area contributed by atoms with Crippen LogP contribution in [0.4, 0.5) is 4.79 Å². The zero-order valence-electron chi connectivity index (χ0n) is 10.9. The van der Waals surface area contributed by atoms with Gasteiger partial charge in [0.05, 0.1) is 6.54 Å². The van der Waals surface area contributed by atoms with Gasteiger partial charge in [0, 0.05) is 6.54 Å². The maximum Gasteiger partial charge on any atom is 0.326 e. The van der Waals surface area contributed by atoms with Crippen molar-refractivity contribution in [2.24, 2.45) is 5.92 Å². The Kier molecular flexibility index (Phi) is 7.50. The van der Waals surface area contributed by atoms with Crippen LogP contribution in [0.15, 0.2) is 0 Å². The minimum atomic E-state index is -1.10. The molecule has 0 spiro atoms. The quantitative estimate of drug-likeness (QED) is 0.513. The standard InChI is InChI=1S/C11H21N3O4/c1-4-5-12-8(15)6-13-11(18)14-9(7(2)3)10(16)17/h7,9H,4-6H2,1-3H3,(H,12,15)(H,16,17)(H2,13,14,18)/t9-/m0/s1. The highest BCUT2D eigenvalue weighted by Gasteiger charge is 2.23. The van der Waals surface area contributed by atoms with Crippen molar-refractivity contribution in [3.63, 3.8) is 0 Å². The van der Waals surface area contributed by atoms with E-state index in [2.05, 4.69) is 16.0 Å². The van der Waals surface area contributed by atoms with Crippen molar-refractivity contribution in [2.75, 3.05) is 13.1 Å². The van der Waals surface area contributed by atoms with Gasteiger partial charge in [-0.1, -0.05) is 20.8 Å². The maximum absolute atomic E-state index is 11.4. The molecule has 0 radical (unpaired) electrons. The molecule has 7 heteroatoms. The number of carboxylic acid groups (broad SMARTS) is 1. The summed E-state index contributed by atoms with van der Waals surface area (Å²) in [5.74, 6) is -1.64. The van der Waals surface area contributed by atoms with Gasteiger partial charge in [0.15, 0.2) is 0 Å². The first-order valence-corrected chi connectivity index (χ1v) is 5.92. The lowest BCUT2D eigenvalue weighted by Crippen LogP contribution is -2.50. The molecule has 0 aromatic heterocycles. The summed E-state index contributed by atoms with van der Waals surface area (Å²) >= 11 is 0. The highest BCUT2D eigenvalue weighted by molar-refractivity contribution is 5.86. The summed E-state index contributed by atoms with van der Waals surface area (Å²) in [5.41, 5.74) is 0. The van der Waals surface area contributed by atoms with Gasteiger partial charge in [-0.15, -0.1) is 0 Å². The van der Waals surface area contributed by atoms with Gasteiger partial charge >= 0.3 is 12.0 Å². The molecular formula is C11H21N3O4. The molecular weight excluding hydrogens is 238 g/mol. The van der Waals surface area contributed by atoms with E-state index in [0.717, 1.165) is 6.42 Å². The SMILES string of the molecule is CCCNC(=O)CNC(=O)N[C@H](C(=O)O)C(C)C. The Morgan fingerprint density at radius 1 is 1.17 bits per heavy atom. The van der Waals surface area contributed by atoms with Crippen LogP contribution in [0.1, 0.15) is 27.2 Å². The highest BCUT2D eigenvalue weighted by atomic mass is 16.4. The van der Waals surface area contributed by atoms with Crippen LogP contribution in [0.3, 0.4) is 0 Å². The number of nitrogens with one attached hydrogen (secondary N) is 3. The fraction of sp³-hybridized carbons (Fsp3) is 0.727. The second-order valence-corrected chi connectivity index (χ2v) is 4.24. The third kappa shape index (κ3) is 6.72. The third-order valence-corrected chi connectivity index (χ3v) is 2.20. The number of hydrogen-bond acceptors (Lipinski definition) is 3. The minimum Gasteiger partial charge on any atom is -0.480 e. The van der Waals surface area contributed by atoms with Gasteiger partial charge in [-0.3, -0.25) is 4.79 Å². The van der Waals surface area contributed by atoms with Crippen LogP contribution in [-0.2, 0) is 9.59 Å². The predicted molar refractivity (Wildman–Crippen MR) is 66.1 cm³/mol. The first-order chi connectivity index (χ1) is 8.38. The van der Waals surface area contributed by atoms with Gasteiger partial charge in [0.25, 0.3) is 0 Å². The second kappa shape index (κ2) is 8.32. The van der Waals surface area contributed by atoms with Gasteiger partial charge in [0.1, 0.15) is 6.04 Å². The summed E-state index contributed by atoms with van der Waals surface area (Å²) in [5, 5.41) is 16.1. The second-order valence-electron chi connectivity index (χ2n) is 4.24. The van der Waals surface area contributed by atoms with E-state index in [1.54, 1.807) is 13.8 Å². The molecule has 0 bridgehead atoms. The van der Waals surface area contributed by atoms with E-state index >= 15 is 0 Å². The van der Waals surface area contributed by atoms with Crippen molar-refractivity contribution in [1.82, 2.24) is 16.0 Å². The Labute approximate surface area is 106 Å². The van der Waals surface area contributed by atoms with Crippen molar-refractivity contribution >= 4 is 17.9 Å². The van der Waals surface area contributed by atoms with Crippen molar-refractivity contribution in [3.05, 3.63) is 0 Å². The van der Waals surface area contributed by atoms with Crippen LogP contribution in [0.25, 0.3) is 0 Å². The zero-order chi connectivity index (χ0) is 14.1. The number of amides is 3. The van der Waals surface area contributed by atoms with E-state index < -0.39 is 18.0 Å². The number of urea groups is 1. The van der Waals surface area contributed by atoms with Gasteiger partial charge in [-0.25, -0.2) is 9.59 Å². The Hall–Kier alpha value is -1.79. The average molecular weight is 259 g/mol. The summed E-state index contributed by atoms with van der Waals surface area (Å²) in [4.78, 5) is 33.4. The molecule has 0 aromatic carbocycles. The maximum atomic E-state index is 11.4. The van der Waals surface area contributed by atoms with E-state index in [1.807, 2.05) is 6.92 Å². The average Bonchev–Trinajstić information content (AvgIpc) is 2.29. The van der Waals surface area contributed by atoms with Crippen LogP contribution in [0.2, 0.25) is 0 Å². The number of carbonyl (C=O) groups is 3. The lowest BCUT2D eigenvalue weighted by Gasteiger charge is -2.18. The van der Waals surface area contributed by atoms with Gasteiger partial charge in [-0.2, -0.15) is 0 Å². The molecule has 0 aliphatic heterocycles. The molecule has 0 fully saturated rings. The molecule has 3 amide bonds. The molecule has 0 unspecified atom stereocenters. The normalized spacial score (nSPS) is 11.8. The highest BCUT2D eigenvalue weighted by Crippen LogP contribution is 2.00. The van der Waals surface area contributed by atoms with Gasteiger partial charge in [0.2, 0.25) is 5.91 Å². The molecule has 0 aliphatic carbocycles. The molecule has 104 valence electrons. The summed E-state index contributed by atoms with van der Waals surface area (Å²) in [6, 6.07) is -1.63. The summed E-state index contributed by atoms with van der Waals surface area (Å²) in [6.45, 7) is 5.67. The number of carboxylic acids is 1. The predicted octanol–water partition coefficient (Wildman–Crippen LogP) is -0.0790. The first-order valence-electron chi connectivity index (χ1n) is 5.92. The Balaban J connectivity index is 4.03. The molecule has 18 heavy (non-hydrogen) atoms. The lowest BCUT2D eigenvalue weighted by atomic mass is 10.1. The molecule has 0 saturated carbocycles. The lowest BCUT2D eigenvalue weighted by molar-refractivity contribution is -0.140. The topological polar surface area (TPSA) is 108 Å². The molecule has 7 nitrogen and oxygen atoms in total. The summed E-state index contributed by atoms with van der Waals surface area (Å²) < 4.78 is 0. The van der Waals surface area contributed by atoms with Crippen LogP contribution >= 0.6 is 0 Å². The van der Waals surface area contributed by atoms with E-state index in [0.29, 0.717) is 6.54 Å². The molecule has 1 atom stereocenters. The summed E-state index contributed by atoms with van der Waals surface area (Å²) in [6.07, 6.45) is 0.812. The van der Waals surface area contributed by atoms with E-state index in [1.165, 1.54) is 0 Å². The van der Waals surface area contributed by atoms with E-state index in [9.17, 15) is 14.4 Å². The van der Waals surface area contributed by atoms with Crippen LogP contribution in [0, 0.1) is 5.92 Å². The van der Waals surface area contributed by atoms with E-state index in [-0.39, 0.29) is 18.4 Å². The van der Waals surface area contributed by atoms with Crippen molar-refractivity contribution < 1.29 is 19.5 Å². The van der Waals surface area contributed by atoms with Crippen LogP contribution in [0.5, 0.6) is 0 Å². The van der Waals surface area contributed by atoms with Gasteiger partial charge in [-0.05, 0) is 12.3 Å². The molecule has 4 N–H and O–H groups in total. The third-order valence-electron chi connectivity index (χ3n) is 2.20. The summed E-state index contributed by atoms with van der Waals surface area (Å²) in [7, 11) is 0. The number of carbonyl (C=O) groups excluding carboxylic acids is 2. The number of rotatable bonds is 7. The molecule has 0 rings (SSSR count). The van der Waals surface area contributed by atoms with Crippen molar-refractivity contribution in [2.45, 2.75) is 33.2 Å². The minimum absolute atomic E-state index is 0.170. The smallest absolute Gasteiger partial charge is 0.326 e. The van der Waals surface area contributed by atoms with Crippen molar-refractivity contribution in [3.8, 4) is 0 Å².